The standard InChI is InChI=1S/C29H29Cl2FN2O6S2/c1-2-19(16-33(42(38,39)20-10-11-20)22-9-4-3-8-21(22)32)34-27(24-12-13-25(31)41-24)28(17-6-5-7-18(30)14-17)40-23(29(34)37)15-26(35)36/h3-9,12-14,19-20,23,27-28H,2,10-11,15-16H2,1H3,(H,35,36)/t19-,23-,27+,28+/m0/s1. The van der Waals surface area contributed by atoms with Gasteiger partial charge in [-0.2, -0.15) is 0 Å². The van der Waals surface area contributed by atoms with Gasteiger partial charge >= 0.3 is 5.97 Å². The zero-order valence-electron chi connectivity index (χ0n) is 22.5. The maximum absolute atomic E-state index is 15.1. The van der Waals surface area contributed by atoms with E-state index in [0.29, 0.717) is 32.6 Å². The van der Waals surface area contributed by atoms with E-state index < -0.39 is 63.7 Å². The number of halogens is 3. The molecule has 1 aromatic heterocycles. The molecule has 0 spiro atoms. The minimum Gasteiger partial charge on any atom is -0.481 e. The first-order valence-corrected chi connectivity index (χ1v) is 16.5. The molecular formula is C29H29Cl2FN2O6S2. The molecule has 0 radical (unpaired) electrons. The van der Waals surface area contributed by atoms with E-state index in [9.17, 15) is 23.1 Å². The molecule has 1 saturated carbocycles. The Morgan fingerprint density at radius 2 is 1.90 bits per heavy atom. The van der Waals surface area contributed by atoms with Crippen LogP contribution in [-0.2, 0) is 24.3 Å². The highest BCUT2D eigenvalue weighted by molar-refractivity contribution is 7.93. The van der Waals surface area contributed by atoms with E-state index >= 15 is 4.39 Å². The van der Waals surface area contributed by atoms with Crippen molar-refractivity contribution in [2.45, 2.75) is 62.1 Å². The number of sulfonamides is 1. The molecule has 2 fully saturated rings. The van der Waals surface area contributed by atoms with Gasteiger partial charge in [0.25, 0.3) is 5.91 Å². The maximum Gasteiger partial charge on any atom is 0.306 e. The van der Waals surface area contributed by atoms with Crippen molar-refractivity contribution < 1.29 is 32.2 Å². The normalized spacial score (nSPS) is 21.8. The summed E-state index contributed by atoms with van der Waals surface area (Å²) < 4.78 is 50.2. The molecule has 0 unspecified atom stereocenters. The number of rotatable bonds is 11. The summed E-state index contributed by atoms with van der Waals surface area (Å²) in [6.45, 7) is 1.56. The van der Waals surface area contributed by atoms with Crippen LogP contribution in [0.2, 0.25) is 9.36 Å². The second-order valence-corrected chi connectivity index (χ2v) is 14.6. The predicted molar refractivity (Wildman–Crippen MR) is 160 cm³/mol. The summed E-state index contributed by atoms with van der Waals surface area (Å²) in [6.07, 6.45) is -1.58. The third-order valence-corrected chi connectivity index (χ3v) is 11.3. The van der Waals surface area contributed by atoms with Gasteiger partial charge in [0.05, 0.1) is 40.3 Å². The van der Waals surface area contributed by atoms with Gasteiger partial charge in [-0.3, -0.25) is 13.9 Å². The molecule has 1 saturated heterocycles. The molecule has 42 heavy (non-hydrogen) atoms. The Morgan fingerprint density at radius 1 is 1.17 bits per heavy atom. The summed E-state index contributed by atoms with van der Waals surface area (Å²) in [7, 11) is -3.95. The van der Waals surface area contributed by atoms with Crippen molar-refractivity contribution in [3.63, 3.8) is 0 Å². The van der Waals surface area contributed by atoms with E-state index in [2.05, 4.69) is 0 Å². The van der Waals surface area contributed by atoms with Crippen molar-refractivity contribution in [2.24, 2.45) is 0 Å². The van der Waals surface area contributed by atoms with Crippen LogP contribution in [0.5, 0.6) is 0 Å². The number of nitrogens with zero attached hydrogens (tertiary/aromatic N) is 2. The highest BCUT2D eigenvalue weighted by Gasteiger charge is 2.49. The summed E-state index contributed by atoms with van der Waals surface area (Å²) in [4.78, 5) is 28.1. The van der Waals surface area contributed by atoms with Gasteiger partial charge in [-0.05, 0) is 61.2 Å². The summed E-state index contributed by atoms with van der Waals surface area (Å²) in [5.41, 5.74) is 0.504. The van der Waals surface area contributed by atoms with Crippen LogP contribution in [0.3, 0.4) is 0 Å². The minimum absolute atomic E-state index is 0.104. The molecule has 5 rings (SSSR count). The van der Waals surface area contributed by atoms with Crippen LogP contribution in [-0.4, -0.2) is 54.2 Å². The van der Waals surface area contributed by atoms with Crippen LogP contribution >= 0.6 is 34.5 Å². The Balaban J connectivity index is 1.64. The fourth-order valence-corrected chi connectivity index (χ4v) is 8.60. The molecule has 2 aliphatic rings. The number of aliphatic carboxylic acids is 1. The average molecular weight is 656 g/mol. The fraction of sp³-hybridized carbons (Fsp3) is 0.379. The van der Waals surface area contributed by atoms with E-state index in [-0.39, 0.29) is 18.7 Å². The lowest BCUT2D eigenvalue weighted by Crippen LogP contribution is -2.58. The summed E-state index contributed by atoms with van der Waals surface area (Å²) in [5, 5.41) is 9.42. The number of hydrogen-bond acceptors (Lipinski definition) is 6. The Morgan fingerprint density at radius 3 is 2.50 bits per heavy atom. The number of carboxylic acid groups (broad SMARTS) is 1. The number of amides is 1. The number of para-hydroxylation sites is 1. The monoisotopic (exact) mass is 654 g/mol. The Hall–Kier alpha value is -2.70. The van der Waals surface area contributed by atoms with Crippen molar-refractivity contribution in [3.8, 4) is 0 Å². The SMILES string of the molecule is CC[C@@H](CN(c1ccccc1F)S(=O)(=O)C1CC1)N1C(=O)[C@H](CC(=O)O)O[C@H](c2cccc(Cl)c2)[C@H]1c1ccc(Cl)s1. The van der Waals surface area contributed by atoms with Crippen molar-refractivity contribution in [2.75, 3.05) is 10.8 Å². The molecule has 224 valence electrons. The largest absolute Gasteiger partial charge is 0.481 e. The van der Waals surface area contributed by atoms with Gasteiger partial charge in [-0.15, -0.1) is 11.3 Å². The molecule has 2 aromatic carbocycles. The van der Waals surface area contributed by atoms with Crippen molar-refractivity contribution in [1.82, 2.24) is 4.90 Å². The Bertz CT molecular complexity index is 1580. The number of hydrogen-bond donors (Lipinski definition) is 1. The Kier molecular flexibility index (Phi) is 9.15. The van der Waals surface area contributed by atoms with Crippen molar-refractivity contribution in [1.29, 1.82) is 0 Å². The number of thiophene rings is 1. The smallest absolute Gasteiger partial charge is 0.306 e. The van der Waals surface area contributed by atoms with Crippen LogP contribution in [0.4, 0.5) is 10.1 Å². The predicted octanol–water partition coefficient (Wildman–Crippen LogP) is 6.46. The molecule has 1 N–H and O–H groups in total. The lowest BCUT2D eigenvalue weighted by molar-refractivity contribution is -0.182. The summed E-state index contributed by atoms with van der Waals surface area (Å²) in [6, 6.07) is 14.4. The lowest BCUT2D eigenvalue weighted by atomic mass is 9.93. The van der Waals surface area contributed by atoms with E-state index in [0.717, 1.165) is 4.31 Å². The van der Waals surface area contributed by atoms with Crippen LogP contribution in [0.1, 0.15) is 55.2 Å². The molecule has 0 bridgehead atoms. The number of anilines is 1. The van der Waals surface area contributed by atoms with Gasteiger partial charge in [0.1, 0.15) is 18.0 Å². The number of benzene rings is 2. The zero-order valence-corrected chi connectivity index (χ0v) is 25.7. The third-order valence-electron chi connectivity index (χ3n) is 7.47. The second kappa shape index (κ2) is 12.5. The van der Waals surface area contributed by atoms with Crippen molar-refractivity contribution in [3.05, 3.63) is 86.3 Å². The van der Waals surface area contributed by atoms with Crippen LogP contribution in [0.25, 0.3) is 0 Å². The molecule has 1 aliphatic carbocycles. The molecular weight excluding hydrogens is 626 g/mol. The van der Waals surface area contributed by atoms with Gasteiger partial charge in [-0.1, -0.05) is 54.4 Å². The molecule has 2 heterocycles. The van der Waals surface area contributed by atoms with Gasteiger partial charge in [0.2, 0.25) is 10.0 Å². The van der Waals surface area contributed by atoms with E-state index in [4.69, 9.17) is 27.9 Å². The van der Waals surface area contributed by atoms with E-state index in [1.54, 1.807) is 49.4 Å². The van der Waals surface area contributed by atoms with Gasteiger partial charge in [0, 0.05) is 9.90 Å². The molecule has 4 atom stereocenters. The van der Waals surface area contributed by atoms with Gasteiger partial charge in [-0.25, -0.2) is 12.8 Å². The first-order valence-electron chi connectivity index (χ1n) is 13.5. The molecule has 1 aliphatic heterocycles. The molecule has 8 nitrogen and oxygen atoms in total. The Labute approximate surface area is 257 Å². The highest BCUT2D eigenvalue weighted by Crippen LogP contribution is 2.47. The van der Waals surface area contributed by atoms with E-state index in [1.807, 2.05) is 0 Å². The van der Waals surface area contributed by atoms with Crippen molar-refractivity contribution >= 4 is 62.1 Å². The van der Waals surface area contributed by atoms with Crippen LogP contribution < -0.4 is 4.31 Å². The first-order chi connectivity index (χ1) is 20.0. The number of carboxylic acids is 1. The van der Waals surface area contributed by atoms with E-state index in [1.165, 1.54) is 34.4 Å². The van der Waals surface area contributed by atoms with Gasteiger partial charge < -0.3 is 14.7 Å². The summed E-state index contributed by atoms with van der Waals surface area (Å²) >= 11 is 13.9. The minimum atomic E-state index is -3.95. The molecule has 3 aromatic rings. The average Bonchev–Trinajstić information content (AvgIpc) is 3.73. The van der Waals surface area contributed by atoms with Crippen LogP contribution in [0.15, 0.2) is 60.7 Å². The number of ether oxygens (including phenoxy) is 1. The quantitative estimate of drug-likeness (QED) is 0.255. The third kappa shape index (κ3) is 6.30. The topological polar surface area (TPSA) is 104 Å². The lowest BCUT2D eigenvalue weighted by Gasteiger charge is -2.48. The maximum atomic E-state index is 15.1. The second-order valence-electron chi connectivity index (χ2n) is 10.3. The molecule has 13 heteroatoms. The van der Waals surface area contributed by atoms with Crippen LogP contribution in [0, 0.1) is 5.82 Å². The first kappa shape index (κ1) is 30.7. The number of morpholine rings is 1. The number of carbonyl (C=O) groups excluding carboxylic acids is 1. The zero-order chi connectivity index (χ0) is 30.2. The summed E-state index contributed by atoms with van der Waals surface area (Å²) in [5.74, 6) is -2.53. The fourth-order valence-electron chi connectivity index (χ4n) is 5.32. The molecule has 1 amide bonds. The highest BCUT2D eigenvalue weighted by atomic mass is 35.5. The number of carbonyl (C=O) groups is 2. The van der Waals surface area contributed by atoms with Gasteiger partial charge in [0.15, 0.2) is 0 Å².